The Labute approximate surface area is 119 Å². The first-order chi connectivity index (χ1) is 9.60. The molecule has 20 heavy (non-hydrogen) atoms. The maximum absolute atomic E-state index is 12.2. The number of aliphatic hydroxyl groups is 1. The van der Waals surface area contributed by atoms with Gasteiger partial charge in [0.1, 0.15) is 11.9 Å². The lowest BCUT2D eigenvalue weighted by atomic mass is 9.76. The lowest BCUT2D eigenvalue weighted by Crippen LogP contribution is -2.42. The van der Waals surface area contributed by atoms with E-state index < -0.39 is 11.9 Å². The van der Waals surface area contributed by atoms with E-state index in [1.807, 2.05) is 37.3 Å². The standard InChI is InChI=1S/C16H20O4/c1-10-12(9-11-7-5-4-6-8-11)13(17)14(18)16(20-3)15(10)19-2/h4-8,10,12-13,17H,9H2,1-3H3/t10-,12-,13+/m0/s1. The van der Waals surface area contributed by atoms with Crippen LogP contribution in [0.25, 0.3) is 0 Å². The molecule has 3 atom stereocenters. The smallest absolute Gasteiger partial charge is 0.229 e. The normalized spacial score (nSPS) is 26.6. The fourth-order valence-electron chi connectivity index (χ4n) is 2.78. The Bertz CT molecular complexity index is 506. The first-order valence-corrected chi connectivity index (χ1v) is 6.68. The second kappa shape index (κ2) is 6.09. The van der Waals surface area contributed by atoms with Crippen LogP contribution in [0.3, 0.4) is 0 Å². The van der Waals surface area contributed by atoms with Crippen LogP contribution in [0, 0.1) is 11.8 Å². The Balaban J connectivity index is 2.31. The Morgan fingerprint density at radius 3 is 2.35 bits per heavy atom. The van der Waals surface area contributed by atoms with Crippen LogP contribution in [-0.4, -0.2) is 31.2 Å². The van der Waals surface area contributed by atoms with Crippen LogP contribution in [0.1, 0.15) is 12.5 Å². The summed E-state index contributed by atoms with van der Waals surface area (Å²) in [7, 11) is 2.94. The first kappa shape index (κ1) is 14.6. The number of Topliss-reactive ketones (excluding diaryl/α,β-unsaturated/α-hetero) is 1. The molecule has 0 fully saturated rings. The van der Waals surface area contributed by atoms with Gasteiger partial charge >= 0.3 is 0 Å². The number of carbonyl (C=O) groups is 1. The Hall–Kier alpha value is -1.81. The van der Waals surface area contributed by atoms with Crippen LogP contribution >= 0.6 is 0 Å². The van der Waals surface area contributed by atoms with Crippen LogP contribution in [0.2, 0.25) is 0 Å². The van der Waals surface area contributed by atoms with Gasteiger partial charge in [-0.1, -0.05) is 37.3 Å². The van der Waals surface area contributed by atoms with Crippen molar-refractivity contribution in [3.8, 4) is 0 Å². The molecule has 0 saturated carbocycles. The highest BCUT2D eigenvalue weighted by atomic mass is 16.5. The average Bonchev–Trinajstić information content (AvgIpc) is 2.48. The summed E-state index contributed by atoms with van der Waals surface area (Å²) in [6.07, 6.45) is -0.433. The third kappa shape index (κ3) is 2.56. The molecule has 0 aromatic heterocycles. The van der Waals surface area contributed by atoms with E-state index in [4.69, 9.17) is 9.47 Å². The predicted molar refractivity (Wildman–Crippen MR) is 74.9 cm³/mol. The van der Waals surface area contributed by atoms with Crippen molar-refractivity contribution in [1.82, 2.24) is 0 Å². The number of ketones is 1. The maximum Gasteiger partial charge on any atom is 0.229 e. The summed E-state index contributed by atoms with van der Waals surface area (Å²) < 4.78 is 10.4. The molecular formula is C16H20O4. The molecule has 0 saturated heterocycles. The molecule has 1 N–H and O–H groups in total. The fourth-order valence-corrected chi connectivity index (χ4v) is 2.78. The minimum Gasteiger partial charge on any atom is -0.497 e. The average molecular weight is 276 g/mol. The number of allylic oxidation sites excluding steroid dienone is 1. The van der Waals surface area contributed by atoms with E-state index in [1.54, 1.807) is 0 Å². The molecule has 0 aliphatic heterocycles. The molecule has 0 heterocycles. The first-order valence-electron chi connectivity index (χ1n) is 6.68. The van der Waals surface area contributed by atoms with Crippen molar-refractivity contribution in [3.05, 3.63) is 47.4 Å². The molecule has 1 aliphatic rings. The van der Waals surface area contributed by atoms with Crippen molar-refractivity contribution in [2.45, 2.75) is 19.4 Å². The number of methoxy groups -OCH3 is 2. The van der Waals surface area contributed by atoms with E-state index in [-0.39, 0.29) is 17.6 Å². The van der Waals surface area contributed by atoms with Gasteiger partial charge in [-0.05, 0) is 12.0 Å². The van der Waals surface area contributed by atoms with E-state index in [0.29, 0.717) is 12.2 Å². The third-order valence-electron chi connectivity index (χ3n) is 3.92. The van der Waals surface area contributed by atoms with Crippen LogP contribution in [0.5, 0.6) is 0 Å². The Morgan fingerprint density at radius 1 is 1.15 bits per heavy atom. The van der Waals surface area contributed by atoms with Gasteiger partial charge in [0.15, 0.2) is 0 Å². The summed E-state index contributed by atoms with van der Waals surface area (Å²) in [4.78, 5) is 12.2. The highest BCUT2D eigenvalue weighted by molar-refractivity contribution is 5.98. The molecule has 2 rings (SSSR count). The zero-order valence-electron chi connectivity index (χ0n) is 12.0. The minimum atomic E-state index is -1.06. The van der Waals surface area contributed by atoms with E-state index in [9.17, 15) is 9.90 Å². The van der Waals surface area contributed by atoms with E-state index >= 15 is 0 Å². The monoisotopic (exact) mass is 276 g/mol. The van der Waals surface area contributed by atoms with Gasteiger partial charge in [0, 0.05) is 11.8 Å². The number of aliphatic hydroxyl groups excluding tert-OH is 1. The highest BCUT2D eigenvalue weighted by Gasteiger charge is 2.42. The molecule has 1 aliphatic carbocycles. The molecule has 4 nitrogen and oxygen atoms in total. The summed E-state index contributed by atoms with van der Waals surface area (Å²) in [5, 5.41) is 10.3. The van der Waals surface area contributed by atoms with Crippen molar-refractivity contribution in [1.29, 1.82) is 0 Å². The van der Waals surface area contributed by atoms with Crippen LogP contribution in [-0.2, 0) is 20.7 Å². The van der Waals surface area contributed by atoms with Gasteiger partial charge < -0.3 is 14.6 Å². The van der Waals surface area contributed by atoms with Crippen molar-refractivity contribution in [2.24, 2.45) is 11.8 Å². The van der Waals surface area contributed by atoms with Gasteiger partial charge in [-0.25, -0.2) is 0 Å². The molecular weight excluding hydrogens is 256 g/mol. The molecule has 0 bridgehead atoms. The number of benzene rings is 1. The van der Waals surface area contributed by atoms with Gasteiger partial charge in [-0.3, -0.25) is 4.79 Å². The van der Waals surface area contributed by atoms with E-state index in [2.05, 4.69) is 0 Å². The predicted octanol–water partition coefficient (Wildman–Crippen LogP) is 1.93. The zero-order valence-corrected chi connectivity index (χ0v) is 12.0. The minimum absolute atomic E-state index is 0.0807. The topological polar surface area (TPSA) is 55.8 Å². The van der Waals surface area contributed by atoms with Crippen molar-refractivity contribution in [3.63, 3.8) is 0 Å². The summed E-state index contributed by atoms with van der Waals surface area (Å²) in [6, 6.07) is 9.83. The lowest BCUT2D eigenvalue weighted by Gasteiger charge is -2.34. The quantitative estimate of drug-likeness (QED) is 0.913. The number of hydrogen-bond acceptors (Lipinski definition) is 4. The number of ether oxygens (including phenoxy) is 2. The summed E-state index contributed by atoms with van der Waals surface area (Å²) in [5.41, 5.74) is 1.09. The number of rotatable bonds is 4. The molecule has 4 heteroatoms. The van der Waals surface area contributed by atoms with Crippen molar-refractivity contribution >= 4 is 5.78 Å². The van der Waals surface area contributed by atoms with Crippen molar-refractivity contribution < 1.29 is 19.4 Å². The van der Waals surface area contributed by atoms with Gasteiger partial charge in [0.05, 0.1) is 14.2 Å². The highest BCUT2D eigenvalue weighted by Crippen LogP contribution is 2.35. The fraction of sp³-hybridized carbons (Fsp3) is 0.438. The summed E-state index contributed by atoms with van der Waals surface area (Å²) in [6.45, 7) is 1.95. The molecule has 108 valence electrons. The van der Waals surface area contributed by atoms with Gasteiger partial charge in [-0.2, -0.15) is 0 Å². The largest absolute Gasteiger partial charge is 0.497 e. The van der Waals surface area contributed by atoms with Gasteiger partial charge in [-0.15, -0.1) is 0 Å². The van der Waals surface area contributed by atoms with Gasteiger partial charge in [0.25, 0.3) is 0 Å². The zero-order chi connectivity index (χ0) is 14.7. The second-order valence-electron chi connectivity index (χ2n) is 5.05. The van der Waals surface area contributed by atoms with E-state index in [0.717, 1.165) is 5.56 Å². The SMILES string of the molecule is COC1=C(OC)[C@@H](C)[C@H](Cc2ccccc2)[C@@H](O)C1=O. The number of hydrogen-bond donors (Lipinski definition) is 1. The Kier molecular flexibility index (Phi) is 4.45. The van der Waals surface area contributed by atoms with Crippen LogP contribution < -0.4 is 0 Å². The maximum atomic E-state index is 12.2. The van der Waals surface area contributed by atoms with Crippen molar-refractivity contribution in [2.75, 3.05) is 14.2 Å². The van der Waals surface area contributed by atoms with E-state index in [1.165, 1.54) is 14.2 Å². The molecule has 0 spiro atoms. The molecule has 1 aromatic carbocycles. The van der Waals surface area contributed by atoms with Gasteiger partial charge in [0.2, 0.25) is 11.5 Å². The number of carbonyl (C=O) groups excluding carboxylic acids is 1. The summed E-state index contributed by atoms with van der Waals surface area (Å²) in [5.74, 6) is -0.0365. The lowest BCUT2D eigenvalue weighted by molar-refractivity contribution is -0.133. The second-order valence-corrected chi connectivity index (χ2v) is 5.05. The third-order valence-corrected chi connectivity index (χ3v) is 3.92. The van der Waals surface area contributed by atoms with Crippen LogP contribution in [0.15, 0.2) is 41.9 Å². The Morgan fingerprint density at radius 2 is 1.80 bits per heavy atom. The molecule has 0 amide bonds. The molecule has 1 aromatic rings. The summed E-state index contributed by atoms with van der Waals surface area (Å²) >= 11 is 0. The molecule has 0 radical (unpaired) electrons. The van der Waals surface area contributed by atoms with Crippen LogP contribution in [0.4, 0.5) is 0 Å². The molecule has 0 unspecified atom stereocenters.